The van der Waals surface area contributed by atoms with Crippen LogP contribution in [0, 0.1) is 0 Å². The molecule has 3 amide bonds. The molecule has 1 unspecified atom stereocenters. The van der Waals surface area contributed by atoms with Gasteiger partial charge in [-0.2, -0.15) is 0 Å². The first kappa shape index (κ1) is 22.0. The van der Waals surface area contributed by atoms with E-state index in [9.17, 15) is 14.4 Å². The second kappa shape index (κ2) is 9.56. The summed E-state index contributed by atoms with van der Waals surface area (Å²) in [5.41, 5.74) is 2.43. The highest BCUT2D eigenvalue weighted by molar-refractivity contribution is 8.15. The van der Waals surface area contributed by atoms with Crippen LogP contribution in [0.2, 0.25) is 0 Å². The fourth-order valence-electron chi connectivity index (χ4n) is 3.99. The summed E-state index contributed by atoms with van der Waals surface area (Å²) in [7, 11) is 0. The van der Waals surface area contributed by atoms with Crippen LogP contribution in [0.3, 0.4) is 0 Å². The number of thioether (sulfide) groups is 1. The number of nitrogens with one attached hydrogen (secondary N) is 1. The Morgan fingerprint density at radius 2 is 1.79 bits per heavy atom. The van der Waals surface area contributed by atoms with Crippen LogP contribution in [0.4, 0.5) is 16.3 Å². The molecule has 0 radical (unpaired) electrons. The first-order valence-electron chi connectivity index (χ1n) is 10.9. The van der Waals surface area contributed by atoms with Gasteiger partial charge >= 0.3 is 0 Å². The minimum absolute atomic E-state index is 0.0383. The molecular formula is C25H22N4O4S. The molecule has 1 saturated heterocycles. The average molecular weight is 475 g/mol. The van der Waals surface area contributed by atoms with Crippen LogP contribution in [-0.2, 0) is 11.2 Å². The first-order chi connectivity index (χ1) is 16.6. The fourth-order valence-corrected chi connectivity index (χ4v) is 4.85. The van der Waals surface area contributed by atoms with Crippen molar-refractivity contribution in [2.45, 2.75) is 11.7 Å². The third-order valence-electron chi connectivity index (χ3n) is 5.69. The van der Waals surface area contributed by atoms with Crippen molar-refractivity contribution in [1.29, 1.82) is 0 Å². The molecule has 3 heterocycles. The number of amides is 3. The SMILES string of the molecule is O=C1NC(=O)C(Cc2ccc(OCCN3CN(c4ccccn4)c4ccccc4C3=O)cc2)S1. The highest BCUT2D eigenvalue weighted by Gasteiger charge is 2.32. The van der Waals surface area contributed by atoms with Gasteiger partial charge in [-0.3, -0.25) is 19.7 Å². The quantitative estimate of drug-likeness (QED) is 0.559. The van der Waals surface area contributed by atoms with E-state index in [0.29, 0.717) is 37.6 Å². The molecule has 0 aliphatic carbocycles. The summed E-state index contributed by atoms with van der Waals surface area (Å²) < 4.78 is 5.88. The number of fused-ring (bicyclic) bond motifs is 1. The van der Waals surface area contributed by atoms with Crippen molar-refractivity contribution >= 4 is 40.3 Å². The maximum absolute atomic E-state index is 13.1. The monoisotopic (exact) mass is 474 g/mol. The van der Waals surface area contributed by atoms with Crippen LogP contribution >= 0.6 is 11.8 Å². The zero-order chi connectivity index (χ0) is 23.5. The number of pyridine rings is 1. The molecule has 3 aromatic rings. The summed E-state index contributed by atoms with van der Waals surface area (Å²) in [5, 5.41) is 1.61. The topological polar surface area (TPSA) is 91.8 Å². The van der Waals surface area contributed by atoms with Gasteiger partial charge in [-0.05, 0) is 48.4 Å². The zero-order valence-corrected chi connectivity index (χ0v) is 19.0. The fraction of sp³-hybridized carbons (Fsp3) is 0.200. The Kier molecular flexibility index (Phi) is 6.18. The molecule has 34 heavy (non-hydrogen) atoms. The number of carbonyl (C=O) groups excluding carboxylic acids is 3. The van der Waals surface area contributed by atoms with Crippen molar-refractivity contribution in [3.8, 4) is 5.75 Å². The molecule has 1 atom stereocenters. The number of benzene rings is 2. The predicted octanol–water partition coefficient (Wildman–Crippen LogP) is 3.61. The van der Waals surface area contributed by atoms with Gasteiger partial charge < -0.3 is 14.5 Å². The number of hydrogen-bond donors (Lipinski definition) is 1. The molecule has 0 spiro atoms. The number of rotatable bonds is 7. The summed E-state index contributed by atoms with van der Waals surface area (Å²) >= 11 is 1.02. The van der Waals surface area contributed by atoms with E-state index in [2.05, 4.69) is 10.3 Å². The maximum atomic E-state index is 13.1. The minimum atomic E-state index is -0.394. The predicted molar refractivity (Wildman–Crippen MR) is 129 cm³/mol. The molecule has 1 aromatic heterocycles. The molecule has 2 aromatic carbocycles. The van der Waals surface area contributed by atoms with Gasteiger partial charge in [0.2, 0.25) is 5.91 Å². The lowest BCUT2D eigenvalue weighted by atomic mass is 10.1. The van der Waals surface area contributed by atoms with Gasteiger partial charge in [0.1, 0.15) is 18.2 Å². The van der Waals surface area contributed by atoms with Crippen LogP contribution in [0.25, 0.3) is 0 Å². The molecular weight excluding hydrogens is 452 g/mol. The average Bonchev–Trinajstić information content (AvgIpc) is 3.18. The Balaban J connectivity index is 1.21. The largest absolute Gasteiger partial charge is 0.492 e. The van der Waals surface area contributed by atoms with E-state index in [1.54, 1.807) is 11.1 Å². The zero-order valence-electron chi connectivity index (χ0n) is 18.2. The van der Waals surface area contributed by atoms with Crippen molar-refractivity contribution in [3.63, 3.8) is 0 Å². The van der Waals surface area contributed by atoms with Crippen molar-refractivity contribution in [2.75, 3.05) is 24.7 Å². The lowest BCUT2D eigenvalue weighted by Crippen LogP contribution is -2.46. The molecule has 0 saturated carbocycles. The van der Waals surface area contributed by atoms with E-state index in [0.717, 1.165) is 28.8 Å². The number of anilines is 2. The molecule has 9 heteroatoms. The molecule has 1 fully saturated rings. The van der Waals surface area contributed by atoms with Crippen molar-refractivity contribution in [2.24, 2.45) is 0 Å². The second-order valence-electron chi connectivity index (χ2n) is 7.92. The van der Waals surface area contributed by atoms with E-state index >= 15 is 0 Å². The van der Waals surface area contributed by atoms with E-state index < -0.39 is 5.25 Å². The molecule has 0 bridgehead atoms. The Hall–Kier alpha value is -3.85. The molecule has 2 aliphatic heterocycles. The normalized spacial score (nSPS) is 17.5. The van der Waals surface area contributed by atoms with E-state index in [4.69, 9.17) is 4.74 Å². The standard InChI is InChI=1S/C25H22N4O4S/c30-23-21(34-25(32)27-23)15-17-8-10-18(11-9-17)33-14-13-28-16-29(22-7-3-4-12-26-22)20-6-2-1-5-19(20)24(28)31/h1-12,21H,13-16H2,(H,27,30,32). The highest BCUT2D eigenvalue weighted by atomic mass is 32.2. The number of hydrogen-bond acceptors (Lipinski definition) is 7. The summed E-state index contributed by atoms with van der Waals surface area (Å²) in [4.78, 5) is 44.4. The summed E-state index contributed by atoms with van der Waals surface area (Å²) in [6.07, 6.45) is 2.22. The maximum Gasteiger partial charge on any atom is 0.286 e. The van der Waals surface area contributed by atoms with Crippen LogP contribution < -0.4 is 15.0 Å². The Labute approximate surface area is 200 Å². The summed E-state index contributed by atoms with van der Waals surface area (Å²) in [6, 6.07) is 20.7. The number of nitrogens with zero attached hydrogens (tertiary/aromatic N) is 3. The van der Waals surface area contributed by atoms with E-state index in [-0.39, 0.29) is 17.1 Å². The van der Waals surface area contributed by atoms with Crippen molar-refractivity contribution in [1.82, 2.24) is 15.2 Å². The van der Waals surface area contributed by atoms with Gasteiger partial charge in [0.15, 0.2) is 0 Å². The number of carbonyl (C=O) groups is 3. The Morgan fingerprint density at radius 1 is 1.00 bits per heavy atom. The molecule has 5 rings (SSSR count). The molecule has 8 nitrogen and oxygen atoms in total. The Morgan fingerprint density at radius 3 is 2.53 bits per heavy atom. The highest BCUT2D eigenvalue weighted by Crippen LogP contribution is 2.32. The van der Waals surface area contributed by atoms with E-state index in [1.165, 1.54) is 0 Å². The van der Waals surface area contributed by atoms with Gasteiger partial charge in [-0.15, -0.1) is 0 Å². The minimum Gasteiger partial charge on any atom is -0.492 e. The van der Waals surface area contributed by atoms with Crippen LogP contribution in [-0.4, -0.2) is 52.0 Å². The van der Waals surface area contributed by atoms with Crippen LogP contribution in [0.15, 0.2) is 72.9 Å². The lowest BCUT2D eigenvalue weighted by molar-refractivity contribution is -0.118. The third kappa shape index (κ3) is 4.60. The molecule has 2 aliphatic rings. The summed E-state index contributed by atoms with van der Waals surface area (Å²) in [6.45, 7) is 1.13. The van der Waals surface area contributed by atoms with Crippen LogP contribution in [0.5, 0.6) is 5.75 Å². The van der Waals surface area contributed by atoms with Gasteiger partial charge in [0, 0.05) is 6.20 Å². The van der Waals surface area contributed by atoms with Gasteiger partial charge in [-0.1, -0.05) is 42.1 Å². The smallest absolute Gasteiger partial charge is 0.286 e. The lowest BCUT2D eigenvalue weighted by Gasteiger charge is -2.37. The third-order valence-corrected chi connectivity index (χ3v) is 6.67. The second-order valence-corrected chi connectivity index (χ2v) is 9.10. The van der Waals surface area contributed by atoms with Crippen LogP contribution in [0.1, 0.15) is 15.9 Å². The Bertz CT molecular complexity index is 1220. The van der Waals surface area contributed by atoms with Crippen molar-refractivity contribution < 1.29 is 19.1 Å². The van der Waals surface area contributed by atoms with Crippen molar-refractivity contribution in [3.05, 3.63) is 84.1 Å². The molecule has 1 N–H and O–H groups in total. The number of para-hydroxylation sites is 1. The van der Waals surface area contributed by atoms with Gasteiger partial charge in [-0.25, -0.2) is 4.98 Å². The number of aromatic nitrogens is 1. The van der Waals surface area contributed by atoms with Gasteiger partial charge in [0.25, 0.3) is 11.1 Å². The van der Waals surface area contributed by atoms with Gasteiger partial charge in [0.05, 0.1) is 29.7 Å². The molecule has 172 valence electrons. The van der Waals surface area contributed by atoms with E-state index in [1.807, 2.05) is 71.6 Å². The number of ether oxygens (including phenoxy) is 1. The summed E-state index contributed by atoms with van der Waals surface area (Å²) in [5.74, 6) is 1.17. The number of imide groups is 1. The first-order valence-corrected chi connectivity index (χ1v) is 11.8.